The van der Waals surface area contributed by atoms with Gasteiger partial charge in [-0.3, -0.25) is 4.79 Å². The van der Waals surface area contributed by atoms with Gasteiger partial charge in [0.2, 0.25) is 12.7 Å². The first-order chi connectivity index (χ1) is 10.6. The van der Waals surface area contributed by atoms with Gasteiger partial charge in [-0.2, -0.15) is 0 Å². The fourth-order valence-electron chi connectivity index (χ4n) is 3.03. The molecule has 2 aliphatic rings. The molecule has 2 N–H and O–H groups in total. The van der Waals surface area contributed by atoms with Crippen molar-refractivity contribution in [2.75, 3.05) is 11.7 Å². The Morgan fingerprint density at radius 1 is 1.14 bits per heavy atom. The first kappa shape index (κ1) is 13.2. The van der Waals surface area contributed by atoms with Gasteiger partial charge in [0, 0.05) is 5.69 Å². The van der Waals surface area contributed by atoms with Crippen LogP contribution in [0.4, 0.5) is 5.69 Å². The summed E-state index contributed by atoms with van der Waals surface area (Å²) in [5.74, 6) is 1.37. The lowest BCUT2D eigenvalue weighted by molar-refractivity contribution is -0.126. The summed E-state index contributed by atoms with van der Waals surface area (Å²) in [7, 11) is 0. The van der Waals surface area contributed by atoms with Gasteiger partial charge >= 0.3 is 0 Å². The normalized spacial score (nSPS) is 22.6. The van der Waals surface area contributed by atoms with Crippen molar-refractivity contribution in [2.24, 2.45) is 5.73 Å². The molecule has 1 fully saturated rings. The number of fused-ring (bicyclic) bond motifs is 1. The minimum atomic E-state index is -0.527. The van der Waals surface area contributed by atoms with Crippen molar-refractivity contribution in [3.63, 3.8) is 0 Å². The molecule has 0 bridgehead atoms. The molecular formula is C17H16N2O3. The number of aryl methyl sites for hydroxylation is 1. The smallest absolute Gasteiger partial charge is 0.247 e. The van der Waals surface area contributed by atoms with E-state index in [1.54, 1.807) is 4.90 Å². The van der Waals surface area contributed by atoms with Crippen LogP contribution in [0.3, 0.4) is 0 Å². The number of carbonyl (C=O) groups is 1. The van der Waals surface area contributed by atoms with Crippen LogP contribution < -0.4 is 20.1 Å². The molecule has 0 aliphatic carbocycles. The molecule has 2 aromatic carbocycles. The molecule has 0 radical (unpaired) electrons. The zero-order valence-electron chi connectivity index (χ0n) is 12.2. The van der Waals surface area contributed by atoms with Crippen LogP contribution in [-0.2, 0) is 4.79 Å². The third kappa shape index (κ3) is 1.86. The average molecular weight is 296 g/mol. The Bertz CT molecular complexity index is 759. The van der Waals surface area contributed by atoms with E-state index in [4.69, 9.17) is 15.2 Å². The highest BCUT2D eigenvalue weighted by molar-refractivity contribution is 6.05. The van der Waals surface area contributed by atoms with Crippen molar-refractivity contribution in [1.82, 2.24) is 0 Å². The maximum atomic E-state index is 12.2. The van der Waals surface area contributed by atoms with E-state index in [2.05, 4.69) is 0 Å². The van der Waals surface area contributed by atoms with Gasteiger partial charge in [-0.15, -0.1) is 0 Å². The van der Waals surface area contributed by atoms with E-state index in [-0.39, 0.29) is 18.7 Å². The minimum Gasteiger partial charge on any atom is -0.454 e. The number of amides is 1. The zero-order chi connectivity index (χ0) is 15.3. The summed E-state index contributed by atoms with van der Waals surface area (Å²) in [6, 6.07) is 12.9. The molecule has 0 spiro atoms. The zero-order valence-corrected chi connectivity index (χ0v) is 12.2. The molecule has 5 nitrogen and oxygen atoms in total. The summed E-state index contributed by atoms with van der Waals surface area (Å²) in [6.45, 7) is 2.24. The Morgan fingerprint density at radius 2 is 1.95 bits per heavy atom. The largest absolute Gasteiger partial charge is 0.454 e. The SMILES string of the molecule is Cc1cccc(N2C(=O)[C@H](N)[C@H]2c2ccc3c(c2)OCO3)c1. The molecule has 0 aromatic heterocycles. The van der Waals surface area contributed by atoms with Crippen LogP contribution in [0.25, 0.3) is 0 Å². The number of nitrogens with zero attached hydrogens (tertiary/aromatic N) is 1. The summed E-state index contributed by atoms with van der Waals surface area (Å²) >= 11 is 0. The topological polar surface area (TPSA) is 64.8 Å². The highest BCUT2D eigenvalue weighted by atomic mass is 16.7. The van der Waals surface area contributed by atoms with Crippen molar-refractivity contribution in [3.05, 3.63) is 53.6 Å². The van der Waals surface area contributed by atoms with E-state index in [1.165, 1.54) is 0 Å². The predicted molar refractivity (Wildman–Crippen MR) is 81.9 cm³/mol. The van der Waals surface area contributed by atoms with E-state index in [0.29, 0.717) is 5.75 Å². The van der Waals surface area contributed by atoms with Gasteiger partial charge in [-0.25, -0.2) is 0 Å². The highest BCUT2D eigenvalue weighted by Crippen LogP contribution is 2.42. The quantitative estimate of drug-likeness (QED) is 0.862. The van der Waals surface area contributed by atoms with Crippen LogP contribution in [0, 0.1) is 6.92 Å². The number of benzene rings is 2. The second-order valence-corrected chi connectivity index (χ2v) is 5.63. The molecule has 0 unspecified atom stereocenters. The lowest BCUT2D eigenvalue weighted by atomic mass is 9.88. The first-order valence-electron chi connectivity index (χ1n) is 7.20. The van der Waals surface area contributed by atoms with Gasteiger partial charge in [0.15, 0.2) is 11.5 Å². The van der Waals surface area contributed by atoms with Gasteiger partial charge in [-0.05, 0) is 42.3 Å². The van der Waals surface area contributed by atoms with Crippen LogP contribution in [-0.4, -0.2) is 18.7 Å². The van der Waals surface area contributed by atoms with Gasteiger partial charge in [-0.1, -0.05) is 18.2 Å². The Kier molecular flexibility index (Phi) is 2.84. The Balaban J connectivity index is 1.72. The van der Waals surface area contributed by atoms with Crippen LogP contribution in [0.5, 0.6) is 11.5 Å². The number of hydrogen-bond acceptors (Lipinski definition) is 4. The molecule has 0 saturated carbocycles. The standard InChI is InChI=1S/C17H16N2O3/c1-10-3-2-4-12(7-10)19-16(15(18)17(19)20)11-5-6-13-14(8-11)22-9-21-13/h2-8,15-16H,9,18H2,1H3/t15-,16-/m1/s1. The predicted octanol–water partition coefficient (Wildman–Crippen LogP) is 2.14. The molecule has 2 atom stereocenters. The van der Waals surface area contributed by atoms with Gasteiger partial charge in [0.25, 0.3) is 0 Å². The van der Waals surface area contributed by atoms with Crippen molar-refractivity contribution in [2.45, 2.75) is 19.0 Å². The minimum absolute atomic E-state index is 0.0618. The van der Waals surface area contributed by atoms with E-state index in [0.717, 1.165) is 22.6 Å². The Morgan fingerprint density at radius 3 is 2.77 bits per heavy atom. The van der Waals surface area contributed by atoms with Crippen LogP contribution in [0.2, 0.25) is 0 Å². The monoisotopic (exact) mass is 296 g/mol. The third-order valence-corrected chi connectivity index (χ3v) is 4.16. The number of β-lactam (4-membered cyclic amide) rings is 1. The van der Waals surface area contributed by atoms with Crippen molar-refractivity contribution in [3.8, 4) is 11.5 Å². The number of ether oxygens (including phenoxy) is 2. The first-order valence-corrected chi connectivity index (χ1v) is 7.20. The van der Waals surface area contributed by atoms with Crippen LogP contribution in [0.15, 0.2) is 42.5 Å². The molecule has 5 heteroatoms. The number of rotatable bonds is 2. The molecule has 1 amide bonds. The summed E-state index contributed by atoms with van der Waals surface area (Å²) < 4.78 is 10.7. The maximum Gasteiger partial charge on any atom is 0.247 e. The molecule has 112 valence electrons. The van der Waals surface area contributed by atoms with Crippen molar-refractivity contribution in [1.29, 1.82) is 0 Å². The Hall–Kier alpha value is -2.53. The summed E-state index contributed by atoms with van der Waals surface area (Å²) in [5, 5.41) is 0. The van der Waals surface area contributed by atoms with E-state index < -0.39 is 6.04 Å². The molecule has 4 rings (SSSR count). The van der Waals surface area contributed by atoms with Crippen molar-refractivity contribution >= 4 is 11.6 Å². The highest BCUT2D eigenvalue weighted by Gasteiger charge is 2.47. The Labute approximate surface area is 128 Å². The second kappa shape index (κ2) is 4.74. The summed E-state index contributed by atoms with van der Waals surface area (Å²) in [4.78, 5) is 14.0. The van der Waals surface area contributed by atoms with Crippen molar-refractivity contribution < 1.29 is 14.3 Å². The molecule has 22 heavy (non-hydrogen) atoms. The van der Waals surface area contributed by atoms with E-state index in [9.17, 15) is 4.79 Å². The fraction of sp³-hybridized carbons (Fsp3) is 0.235. The summed E-state index contributed by atoms with van der Waals surface area (Å²) in [5.41, 5.74) is 8.98. The van der Waals surface area contributed by atoms with Gasteiger partial charge in [0.05, 0.1) is 6.04 Å². The molecule has 2 heterocycles. The lowest BCUT2D eigenvalue weighted by Crippen LogP contribution is -2.63. The third-order valence-electron chi connectivity index (χ3n) is 4.16. The van der Waals surface area contributed by atoms with Gasteiger partial charge < -0.3 is 20.1 Å². The van der Waals surface area contributed by atoms with E-state index in [1.807, 2.05) is 49.4 Å². The molecule has 1 saturated heterocycles. The van der Waals surface area contributed by atoms with Crippen LogP contribution in [0.1, 0.15) is 17.2 Å². The lowest BCUT2D eigenvalue weighted by Gasteiger charge is -2.45. The molecule has 2 aliphatic heterocycles. The maximum absolute atomic E-state index is 12.2. The van der Waals surface area contributed by atoms with Gasteiger partial charge in [0.1, 0.15) is 6.04 Å². The number of anilines is 1. The number of carbonyl (C=O) groups excluding carboxylic acids is 1. The van der Waals surface area contributed by atoms with E-state index >= 15 is 0 Å². The average Bonchev–Trinajstić information content (AvgIpc) is 2.98. The molecular weight excluding hydrogens is 280 g/mol. The molecule has 2 aromatic rings. The number of hydrogen-bond donors (Lipinski definition) is 1. The fourth-order valence-corrected chi connectivity index (χ4v) is 3.03. The second-order valence-electron chi connectivity index (χ2n) is 5.63. The number of nitrogens with two attached hydrogens (primary N) is 1. The van der Waals surface area contributed by atoms with Crippen LogP contribution >= 0.6 is 0 Å². The summed E-state index contributed by atoms with van der Waals surface area (Å²) in [6.07, 6.45) is 0.